The fourth-order valence-electron chi connectivity index (χ4n) is 8.82. The van der Waals surface area contributed by atoms with E-state index in [1.165, 1.54) is 13.0 Å². The number of carbonyl (C=O) groups is 4. The highest BCUT2D eigenvalue weighted by Gasteiger charge is 2.82. The maximum atomic E-state index is 15.5. The minimum Gasteiger partial charge on any atom is -0.384 e. The number of nitrogens with zero attached hydrogens (tertiary/aromatic N) is 2. The van der Waals surface area contributed by atoms with Crippen LogP contribution in [0.2, 0.25) is 0 Å². The van der Waals surface area contributed by atoms with Crippen LogP contribution < -0.4 is 9.80 Å². The van der Waals surface area contributed by atoms with Crippen LogP contribution in [0, 0.1) is 11.7 Å². The van der Waals surface area contributed by atoms with Crippen molar-refractivity contribution >= 4 is 34.9 Å². The second kappa shape index (κ2) is 10.9. The average molecular weight is 651 g/mol. The van der Waals surface area contributed by atoms with E-state index in [1.54, 1.807) is 89.8 Å². The van der Waals surface area contributed by atoms with Crippen molar-refractivity contribution in [2.45, 2.75) is 36.3 Å². The number of para-hydroxylation sites is 1. The van der Waals surface area contributed by atoms with Crippen LogP contribution in [0.5, 0.6) is 0 Å². The second-order valence-electron chi connectivity index (χ2n) is 13.1. The highest BCUT2D eigenvalue weighted by Crippen LogP contribution is 2.71. The molecular formula is C41H31FN2O5. The topological polar surface area (TPSA) is 95.0 Å². The van der Waals surface area contributed by atoms with E-state index in [0.717, 1.165) is 22.6 Å². The van der Waals surface area contributed by atoms with Gasteiger partial charge < -0.3 is 10.0 Å². The fourth-order valence-corrected chi connectivity index (χ4v) is 8.82. The van der Waals surface area contributed by atoms with Gasteiger partial charge in [0, 0.05) is 24.6 Å². The molecule has 1 saturated carbocycles. The lowest BCUT2D eigenvalue weighted by Crippen LogP contribution is -2.59. The van der Waals surface area contributed by atoms with Crippen molar-refractivity contribution in [1.29, 1.82) is 0 Å². The number of Topliss-reactive ketones (excluding diaryl/α,β-unsaturated/α-hetero) is 1. The van der Waals surface area contributed by atoms with Crippen molar-refractivity contribution in [2.75, 3.05) is 9.80 Å². The van der Waals surface area contributed by atoms with Gasteiger partial charge in [0.1, 0.15) is 16.8 Å². The van der Waals surface area contributed by atoms with E-state index in [0.29, 0.717) is 11.3 Å². The van der Waals surface area contributed by atoms with Crippen molar-refractivity contribution in [3.63, 3.8) is 0 Å². The van der Waals surface area contributed by atoms with Gasteiger partial charge in [0.25, 0.3) is 0 Å². The average Bonchev–Trinajstić information content (AvgIpc) is 3.63. The van der Waals surface area contributed by atoms with Gasteiger partial charge in [-0.2, -0.15) is 0 Å². The molecule has 8 rings (SSSR count). The summed E-state index contributed by atoms with van der Waals surface area (Å²) in [6.07, 6.45) is -0.387. The van der Waals surface area contributed by atoms with Gasteiger partial charge in [-0.05, 0) is 46.5 Å². The quantitative estimate of drug-likeness (QED) is 0.228. The first-order valence-corrected chi connectivity index (χ1v) is 16.1. The van der Waals surface area contributed by atoms with Gasteiger partial charge in [-0.25, -0.2) is 9.29 Å². The molecule has 0 saturated heterocycles. The summed E-state index contributed by atoms with van der Waals surface area (Å²) in [5.74, 6) is -4.91. The minimum absolute atomic E-state index is 0.0167. The molecule has 49 heavy (non-hydrogen) atoms. The molecule has 2 spiro atoms. The largest absolute Gasteiger partial charge is 0.384 e. The Balaban J connectivity index is 1.51. The predicted octanol–water partition coefficient (Wildman–Crippen LogP) is 6.23. The molecule has 0 unspecified atom stereocenters. The third-order valence-corrected chi connectivity index (χ3v) is 10.7. The van der Waals surface area contributed by atoms with E-state index in [4.69, 9.17) is 0 Å². The zero-order chi connectivity index (χ0) is 34.1. The van der Waals surface area contributed by atoms with E-state index in [2.05, 4.69) is 0 Å². The first-order chi connectivity index (χ1) is 23.7. The number of carbonyl (C=O) groups excluding carboxylic acids is 4. The predicted molar refractivity (Wildman–Crippen MR) is 181 cm³/mol. The maximum absolute atomic E-state index is 15.5. The Labute approximate surface area is 282 Å². The Hall–Kier alpha value is -5.73. The monoisotopic (exact) mass is 650 g/mol. The Morgan fingerprint density at radius 2 is 1.37 bits per heavy atom. The van der Waals surface area contributed by atoms with Gasteiger partial charge in [-0.3, -0.25) is 19.2 Å². The summed E-state index contributed by atoms with van der Waals surface area (Å²) in [6, 6.07) is 36.9. The van der Waals surface area contributed by atoms with E-state index in [9.17, 15) is 9.90 Å². The van der Waals surface area contributed by atoms with Crippen LogP contribution >= 0.6 is 0 Å². The molecule has 0 aromatic heterocycles. The van der Waals surface area contributed by atoms with E-state index in [1.807, 2.05) is 30.3 Å². The molecule has 242 valence electrons. The second-order valence-corrected chi connectivity index (χ2v) is 13.1. The molecular weight excluding hydrogens is 619 g/mol. The fraction of sp³-hybridized carbons (Fsp3) is 0.171. The SMILES string of the molecule is CC(=O)N1C(=O)[C@]2(c3cc(F)ccc31)[C@H](C(=O)c1ccccc1)[C@]1(C[C@]2(O)c2ccccc2)C(=O)N(Cc2ccccc2)c2ccccc21. The first-order valence-electron chi connectivity index (χ1n) is 16.1. The molecule has 3 amide bonds. The lowest BCUT2D eigenvalue weighted by molar-refractivity contribution is -0.137. The standard InChI is InChI=1S/C41H31FN2O5/c1-26(45)44-34-22-21-30(42)23-32(34)41(38(44)48)36(35(46)28-15-7-3-8-16-28)39(25-40(41,49)29-17-9-4-10-18-29)31-19-11-12-20-33(31)43(37(39)47)24-27-13-5-2-6-14-27/h2-23,36,49H,24-25H2,1H3/t36-,39-,40+,41+/m1/s1. The van der Waals surface area contributed by atoms with Crippen molar-refractivity contribution in [3.05, 3.63) is 167 Å². The number of fused-ring (bicyclic) bond motifs is 4. The Kier molecular flexibility index (Phi) is 6.81. The van der Waals surface area contributed by atoms with Gasteiger partial charge in [0.2, 0.25) is 17.7 Å². The number of ketones is 1. The molecule has 8 heteroatoms. The Morgan fingerprint density at radius 1 is 0.755 bits per heavy atom. The highest BCUT2D eigenvalue weighted by atomic mass is 19.1. The van der Waals surface area contributed by atoms with Crippen LogP contribution in [0.15, 0.2) is 133 Å². The molecule has 5 aromatic carbocycles. The van der Waals surface area contributed by atoms with Crippen molar-refractivity contribution < 1.29 is 28.7 Å². The Bertz CT molecular complexity index is 2170. The number of hydrogen-bond donors (Lipinski definition) is 1. The van der Waals surface area contributed by atoms with E-state index >= 15 is 18.8 Å². The summed E-state index contributed by atoms with van der Waals surface area (Å²) < 4.78 is 15.5. The van der Waals surface area contributed by atoms with Crippen molar-refractivity contribution in [1.82, 2.24) is 0 Å². The molecule has 0 radical (unpaired) electrons. The van der Waals surface area contributed by atoms with Gasteiger partial charge >= 0.3 is 0 Å². The highest BCUT2D eigenvalue weighted by molar-refractivity contribution is 6.27. The number of aliphatic hydroxyl groups is 1. The molecule has 4 atom stereocenters. The smallest absolute Gasteiger partial charge is 0.248 e. The van der Waals surface area contributed by atoms with E-state index < -0.39 is 51.7 Å². The molecule has 7 nitrogen and oxygen atoms in total. The van der Waals surface area contributed by atoms with Crippen molar-refractivity contribution in [3.8, 4) is 0 Å². The summed E-state index contributed by atoms with van der Waals surface area (Å²) in [5, 5.41) is 13.5. The minimum atomic E-state index is -2.30. The molecule has 2 aliphatic heterocycles. The number of amides is 3. The van der Waals surface area contributed by atoms with Gasteiger partial charge in [-0.1, -0.05) is 109 Å². The number of hydrogen-bond acceptors (Lipinski definition) is 5. The summed E-state index contributed by atoms with van der Waals surface area (Å²) >= 11 is 0. The summed E-state index contributed by atoms with van der Waals surface area (Å²) in [5.41, 5.74) is -3.99. The number of imide groups is 1. The lowest BCUT2D eigenvalue weighted by Gasteiger charge is -2.42. The first kappa shape index (κ1) is 30.6. The maximum Gasteiger partial charge on any atom is 0.248 e. The Morgan fingerprint density at radius 3 is 2.04 bits per heavy atom. The van der Waals surface area contributed by atoms with Crippen LogP contribution in [0.4, 0.5) is 15.8 Å². The van der Waals surface area contributed by atoms with Gasteiger partial charge in [-0.15, -0.1) is 0 Å². The molecule has 1 aliphatic carbocycles. The number of benzene rings is 5. The molecule has 5 aromatic rings. The number of halogens is 1. The summed E-state index contributed by atoms with van der Waals surface area (Å²) in [7, 11) is 0. The van der Waals surface area contributed by atoms with Gasteiger partial charge in [0.05, 0.1) is 23.6 Å². The normalized spacial score (nSPS) is 25.2. The zero-order valence-corrected chi connectivity index (χ0v) is 26.5. The van der Waals surface area contributed by atoms with Crippen LogP contribution in [-0.2, 0) is 37.4 Å². The molecule has 2 heterocycles. The van der Waals surface area contributed by atoms with Gasteiger partial charge in [0.15, 0.2) is 5.78 Å². The third kappa shape index (κ3) is 3.98. The summed E-state index contributed by atoms with van der Waals surface area (Å²) in [6.45, 7) is 1.38. The number of rotatable bonds is 5. The van der Waals surface area contributed by atoms with E-state index in [-0.39, 0.29) is 35.3 Å². The molecule has 1 N–H and O–H groups in total. The molecule has 0 bridgehead atoms. The molecule has 1 fully saturated rings. The number of anilines is 2. The lowest BCUT2D eigenvalue weighted by atomic mass is 9.58. The third-order valence-electron chi connectivity index (χ3n) is 10.7. The van der Waals surface area contributed by atoms with Crippen LogP contribution in [0.1, 0.15) is 46.0 Å². The van der Waals surface area contributed by atoms with Crippen LogP contribution in [0.25, 0.3) is 0 Å². The van der Waals surface area contributed by atoms with Crippen LogP contribution in [0.3, 0.4) is 0 Å². The van der Waals surface area contributed by atoms with Crippen molar-refractivity contribution in [2.24, 2.45) is 5.92 Å². The van der Waals surface area contributed by atoms with Crippen LogP contribution in [-0.4, -0.2) is 28.6 Å². The molecule has 3 aliphatic rings. The summed E-state index contributed by atoms with van der Waals surface area (Å²) in [4.78, 5) is 62.1. The zero-order valence-electron chi connectivity index (χ0n) is 26.5.